The van der Waals surface area contributed by atoms with E-state index in [1.165, 1.54) is 22.5 Å². The molecule has 1 amide bonds. The zero-order valence-electron chi connectivity index (χ0n) is 23.7. The number of carbonyl (C=O) groups is 3. The molecule has 44 heavy (non-hydrogen) atoms. The third kappa shape index (κ3) is 8.97. The van der Waals surface area contributed by atoms with Gasteiger partial charge in [-0.3, -0.25) is 19.4 Å². The largest absolute Gasteiger partial charge is 0.481 e. The zero-order valence-corrected chi connectivity index (χ0v) is 24.6. The van der Waals surface area contributed by atoms with Crippen molar-refractivity contribution in [2.75, 3.05) is 6.61 Å². The Morgan fingerprint density at radius 1 is 1.20 bits per heavy atom. The maximum atomic E-state index is 14.5. The van der Waals surface area contributed by atoms with Crippen LogP contribution in [-0.4, -0.2) is 67.7 Å². The molecule has 0 radical (unpaired) electrons. The molecule has 13 nitrogen and oxygen atoms in total. The molecule has 0 aromatic carbocycles. The Balaban J connectivity index is 1.47. The minimum atomic E-state index is -1.11. The average Bonchev–Trinajstić information content (AvgIpc) is 3.69. The second-order valence-corrected chi connectivity index (χ2v) is 10.6. The Bertz CT molecular complexity index is 1550. The lowest BCUT2D eigenvalue weighted by atomic mass is 9.93. The van der Waals surface area contributed by atoms with Crippen molar-refractivity contribution in [3.05, 3.63) is 58.8 Å². The first kappa shape index (κ1) is 32.3. The van der Waals surface area contributed by atoms with E-state index in [1.807, 2.05) is 6.92 Å². The number of amides is 1. The van der Waals surface area contributed by atoms with Gasteiger partial charge in [0.2, 0.25) is 5.95 Å². The van der Waals surface area contributed by atoms with Crippen molar-refractivity contribution in [2.24, 2.45) is 10.7 Å². The van der Waals surface area contributed by atoms with Crippen molar-refractivity contribution >= 4 is 41.1 Å². The Morgan fingerprint density at radius 2 is 1.98 bits per heavy atom. The van der Waals surface area contributed by atoms with Crippen LogP contribution in [0, 0.1) is 11.8 Å². The standard InChI is InChI=1S/C28H31F2N7O6S/c1-2-42-18-5-3-17(4-6-18)32-12-20(25(31)26-19(29)7-8-22(30)36-26)34-27(41)21-14-44-28(35-21)16-11-33-37(13-16)15-43-24(40)10-9-23(38)39/h7-8,11-14,17-18H,2-6,9-10,15,31H2,1H3,(H,34,41)(H,38,39)/b25-20+,32-12?. The zero-order chi connectivity index (χ0) is 31.6. The van der Waals surface area contributed by atoms with Crippen LogP contribution in [0.4, 0.5) is 8.78 Å². The van der Waals surface area contributed by atoms with Crippen LogP contribution in [0.15, 0.2) is 40.6 Å². The second kappa shape index (κ2) is 15.2. The number of halogens is 2. The number of aliphatic imine (C=N–C) groups is 1. The van der Waals surface area contributed by atoms with Gasteiger partial charge >= 0.3 is 11.9 Å². The van der Waals surface area contributed by atoms with E-state index in [-0.39, 0.29) is 48.8 Å². The molecule has 1 fully saturated rings. The van der Waals surface area contributed by atoms with Gasteiger partial charge in [0.25, 0.3) is 5.91 Å². The van der Waals surface area contributed by atoms with Crippen molar-refractivity contribution in [3.63, 3.8) is 0 Å². The predicted octanol–water partition coefficient (Wildman–Crippen LogP) is 3.52. The average molecular weight is 632 g/mol. The van der Waals surface area contributed by atoms with E-state index in [1.54, 1.807) is 6.20 Å². The molecular formula is C28H31F2N7O6S. The molecule has 0 aliphatic heterocycles. The molecule has 0 unspecified atom stereocenters. The molecule has 4 rings (SSSR count). The molecule has 3 aromatic heterocycles. The van der Waals surface area contributed by atoms with E-state index in [0.717, 1.165) is 49.2 Å². The molecule has 1 aliphatic carbocycles. The Kier molecular flexibility index (Phi) is 11.2. The number of nitrogens with two attached hydrogens (primary N) is 1. The molecule has 3 heterocycles. The Labute approximate surface area is 254 Å². The van der Waals surface area contributed by atoms with Gasteiger partial charge < -0.3 is 25.6 Å². The fourth-order valence-electron chi connectivity index (χ4n) is 4.34. The molecule has 0 saturated heterocycles. The number of carboxylic acids is 1. The molecule has 3 aromatic rings. The molecule has 0 atom stereocenters. The topological polar surface area (TPSA) is 184 Å². The molecule has 0 spiro atoms. The summed E-state index contributed by atoms with van der Waals surface area (Å²) in [6.45, 7) is 2.34. The molecule has 1 saturated carbocycles. The van der Waals surface area contributed by atoms with Gasteiger partial charge in [-0.15, -0.1) is 11.3 Å². The summed E-state index contributed by atoms with van der Waals surface area (Å²) in [6.07, 6.45) is 7.03. The van der Waals surface area contributed by atoms with E-state index in [9.17, 15) is 23.2 Å². The third-order valence-corrected chi connectivity index (χ3v) is 7.48. The van der Waals surface area contributed by atoms with Gasteiger partial charge in [-0.25, -0.2) is 19.0 Å². The summed E-state index contributed by atoms with van der Waals surface area (Å²) in [5, 5.41) is 17.3. The number of carbonyl (C=O) groups excluding carboxylic acids is 2. The van der Waals surface area contributed by atoms with Gasteiger partial charge in [0, 0.05) is 30.0 Å². The smallest absolute Gasteiger partial charge is 0.308 e. The van der Waals surface area contributed by atoms with Gasteiger partial charge in [0.05, 0.1) is 42.6 Å². The second-order valence-electron chi connectivity index (χ2n) is 9.76. The maximum absolute atomic E-state index is 14.5. The van der Waals surface area contributed by atoms with Gasteiger partial charge in [0.1, 0.15) is 16.4 Å². The number of hydrogen-bond acceptors (Lipinski definition) is 11. The van der Waals surface area contributed by atoms with Crippen LogP contribution in [0.25, 0.3) is 16.3 Å². The number of carboxylic acid groups (broad SMARTS) is 1. The van der Waals surface area contributed by atoms with Crippen LogP contribution in [0.1, 0.15) is 61.6 Å². The van der Waals surface area contributed by atoms with Crippen LogP contribution in [-0.2, 0) is 25.8 Å². The normalized spacial score (nSPS) is 17.3. The third-order valence-electron chi connectivity index (χ3n) is 6.58. The van der Waals surface area contributed by atoms with Crippen LogP contribution < -0.4 is 11.1 Å². The Hall–Kier alpha value is -4.57. The minimum Gasteiger partial charge on any atom is -0.481 e. The van der Waals surface area contributed by atoms with Crippen LogP contribution in [0.5, 0.6) is 0 Å². The monoisotopic (exact) mass is 631 g/mol. The fraction of sp³-hybridized carbons (Fsp3) is 0.393. The summed E-state index contributed by atoms with van der Waals surface area (Å²) in [6, 6.07) is 1.67. The quantitative estimate of drug-likeness (QED) is 0.143. The number of aromatic nitrogens is 4. The predicted molar refractivity (Wildman–Crippen MR) is 155 cm³/mol. The van der Waals surface area contributed by atoms with Crippen molar-refractivity contribution in [3.8, 4) is 10.6 Å². The molecular weight excluding hydrogens is 600 g/mol. The van der Waals surface area contributed by atoms with Gasteiger partial charge in [-0.2, -0.15) is 9.49 Å². The summed E-state index contributed by atoms with van der Waals surface area (Å²) in [5.41, 5.74) is 5.89. The minimum absolute atomic E-state index is 0.0152. The van der Waals surface area contributed by atoms with Gasteiger partial charge in [0.15, 0.2) is 12.5 Å². The SMILES string of the molecule is CCOC1CCC(N=C/C(NC(=O)c2csc(-c3cnn(COC(=O)CCC(=O)O)c3)n2)=C(\N)c2nc(F)ccc2F)CC1. The highest BCUT2D eigenvalue weighted by atomic mass is 32.1. The number of esters is 1. The summed E-state index contributed by atoms with van der Waals surface area (Å²) < 4.78 is 40.4. The van der Waals surface area contributed by atoms with E-state index in [0.29, 0.717) is 17.2 Å². The summed E-state index contributed by atoms with van der Waals surface area (Å²) in [7, 11) is 0. The number of ether oxygens (including phenoxy) is 2. The number of hydrogen-bond donors (Lipinski definition) is 3. The van der Waals surface area contributed by atoms with E-state index in [4.69, 9.17) is 20.3 Å². The summed E-state index contributed by atoms with van der Waals surface area (Å²) in [5.74, 6) is -4.28. The van der Waals surface area contributed by atoms with Crippen LogP contribution >= 0.6 is 11.3 Å². The number of pyridine rings is 1. The first-order valence-electron chi connectivity index (χ1n) is 13.8. The highest BCUT2D eigenvalue weighted by molar-refractivity contribution is 7.13. The molecule has 0 bridgehead atoms. The van der Waals surface area contributed by atoms with E-state index in [2.05, 4.69) is 25.4 Å². The highest BCUT2D eigenvalue weighted by Gasteiger charge is 2.22. The molecule has 1 aliphatic rings. The summed E-state index contributed by atoms with van der Waals surface area (Å²) >= 11 is 1.14. The molecule has 234 valence electrons. The van der Waals surface area contributed by atoms with Crippen LogP contribution in [0.2, 0.25) is 0 Å². The number of rotatable bonds is 13. The van der Waals surface area contributed by atoms with E-state index < -0.39 is 35.3 Å². The number of allylic oxidation sites excluding steroid dienone is 1. The number of thiazole rings is 1. The van der Waals surface area contributed by atoms with Crippen molar-refractivity contribution in [1.82, 2.24) is 25.1 Å². The maximum Gasteiger partial charge on any atom is 0.308 e. The molecule has 16 heteroatoms. The van der Waals surface area contributed by atoms with Crippen molar-refractivity contribution in [1.29, 1.82) is 0 Å². The number of nitrogens with zero attached hydrogens (tertiary/aromatic N) is 5. The highest BCUT2D eigenvalue weighted by Crippen LogP contribution is 2.25. The number of aliphatic carboxylic acids is 1. The first-order valence-corrected chi connectivity index (χ1v) is 14.6. The Morgan fingerprint density at radius 3 is 2.70 bits per heavy atom. The lowest BCUT2D eigenvalue weighted by Gasteiger charge is -2.26. The van der Waals surface area contributed by atoms with Crippen LogP contribution in [0.3, 0.4) is 0 Å². The van der Waals surface area contributed by atoms with E-state index >= 15 is 0 Å². The van der Waals surface area contributed by atoms with Crippen molar-refractivity contribution in [2.45, 2.75) is 64.3 Å². The molecule has 4 N–H and O–H groups in total. The van der Waals surface area contributed by atoms with Crippen molar-refractivity contribution < 1.29 is 37.7 Å². The summed E-state index contributed by atoms with van der Waals surface area (Å²) in [4.78, 5) is 47.9. The van der Waals surface area contributed by atoms with Gasteiger partial charge in [-0.05, 0) is 44.7 Å². The van der Waals surface area contributed by atoms with Gasteiger partial charge in [-0.1, -0.05) is 0 Å². The number of nitrogens with one attached hydrogen (secondary N) is 1. The lowest BCUT2D eigenvalue weighted by molar-refractivity contribution is -0.151. The fourth-order valence-corrected chi connectivity index (χ4v) is 5.12. The lowest BCUT2D eigenvalue weighted by Crippen LogP contribution is -2.28. The first-order chi connectivity index (χ1) is 21.1.